The summed E-state index contributed by atoms with van der Waals surface area (Å²) in [5, 5.41) is 1.43. The van der Waals surface area contributed by atoms with E-state index in [1.54, 1.807) is 19.2 Å². The molecule has 0 N–H and O–H groups in total. The highest BCUT2D eigenvalue weighted by atomic mass is 35.5. The molecule has 0 aliphatic rings. The minimum atomic E-state index is -0.100. The standard InChI is InChI=1S/C15H11ClO3S/c1-18-9-7-10(19-2)15-12(13(9)16)14(17)8-5-3-4-6-11(8)20-15/h3-7H,1-2H3. The maximum atomic E-state index is 12.7. The fraction of sp³-hybridized carbons (Fsp3) is 0.133. The number of fused-ring (bicyclic) bond motifs is 2. The van der Waals surface area contributed by atoms with Gasteiger partial charge in [0.05, 0.1) is 29.3 Å². The van der Waals surface area contributed by atoms with Crippen LogP contribution in [0.3, 0.4) is 0 Å². The Balaban J connectivity index is 2.60. The van der Waals surface area contributed by atoms with Crippen LogP contribution in [-0.4, -0.2) is 14.2 Å². The topological polar surface area (TPSA) is 35.5 Å². The largest absolute Gasteiger partial charge is 0.495 e. The van der Waals surface area contributed by atoms with Crippen LogP contribution in [0.25, 0.3) is 20.2 Å². The van der Waals surface area contributed by atoms with E-state index in [2.05, 4.69) is 0 Å². The normalized spacial score (nSPS) is 10.9. The van der Waals surface area contributed by atoms with E-state index in [0.717, 1.165) is 9.40 Å². The number of halogens is 1. The predicted molar refractivity (Wildman–Crippen MR) is 83.7 cm³/mol. The molecule has 102 valence electrons. The van der Waals surface area contributed by atoms with Crippen LogP contribution >= 0.6 is 22.9 Å². The van der Waals surface area contributed by atoms with Crippen LogP contribution in [0.1, 0.15) is 0 Å². The number of ether oxygens (including phenoxy) is 2. The lowest BCUT2D eigenvalue weighted by molar-refractivity contribution is 0.398. The Kier molecular flexibility index (Phi) is 3.28. The smallest absolute Gasteiger partial charge is 0.197 e. The van der Waals surface area contributed by atoms with Crippen molar-refractivity contribution in [1.29, 1.82) is 0 Å². The van der Waals surface area contributed by atoms with Crippen molar-refractivity contribution in [2.75, 3.05) is 14.2 Å². The van der Waals surface area contributed by atoms with Crippen LogP contribution in [0.5, 0.6) is 11.5 Å². The molecular weight excluding hydrogens is 296 g/mol. The Bertz CT molecular complexity index is 870. The summed E-state index contributed by atoms with van der Waals surface area (Å²) in [5.74, 6) is 1.03. The van der Waals surface area contributed by atoms with E-state index in [1.165, 1.54) is 18.4 Å². The van der Waals surface area contributed by atoms with Gasteiger partial charge in [-0.2, -0.15) is 0 Å². The van der Waals surface area contributed by atoms with Crippen LogP contribution in [0.15, 0.2) is 35.1 Å². The number of hydrogen-bond donors (Lipinski definition) is 0. The van der Waals surface area contributed by atoms with Crippen molar-refractivity contribution in [2.24, 2.45) is 0 Å². The molecule has 0 unspecified atom stereocenters. The Morgan fingerprint density at radius 3 is 2.50 bits per heavy atom. The maximum absolute atomic E-state index is 12.7. The van der Waals surface area contributed by atoms with Gasteiger partial charge in [0.25, 0.3) is 0 Å². The van der Waals surface area contributed by atoms with E-state index in [1.807, 2.05) is 18.2 Å². The van der Waals surface area contributed by atoms with Gasteiger partial charge >= 0.3 is 0 Å². The third-order valence-corrected chi connectivity index (χ3v) is 4.72. The summed E-state index contributed by atoms with van der Waals surface area (Å²) < 4.78 is 12.2. The summed E-state index contributed by atoms with van der Waals surface area (Å²) in [6, 6.07) is 9.17. The molecule has 0 radical (unpaired) electrons. The molecule has 2 aromatic carbocycles. The number of benzene rings is 2. The summed E-state index contributed by atoms with van der Waals surface area (Å²) in [7, 11) is 3.08. The molecule has 3 nitrogen and oxygen atoms in total. The molecule has 0 saturated heterocycles. The van der Waals surface area contributed by atoms with E-state index in [9.17, 15) is 4.79 Å². The molecule has 3 aromatic rings. The second-order valence-corrected chi connectivity index (χ2v) is 5.66. The molecule has 0 fully saturated rings. The second-order valence-electron chi connectivity index (χ2n) is 4.23. The molecular formula is C15H11ClO3S. The molecule has 0 amide bonds. The van der Waals surface area contributed by atoms with Gasteiger partial charge in [-0.05, 0) is 12.1 Å². The summed E-state index contributed by atoms with van der Waals surface area (Å²) in [5.41, 5.74) is -0.100. The van der Waals surface area contributed by atoms with Crippen molar-refractivity contribution in [3.05, 3.63) is 45.6 Å². The molecule has 3 rings (SSSR count). The van der Waals surface area contributed by atoms with Gasteiger partial charge in [0.2, 0.25) is 0 Å². The third-order valence-electron chi connectivity index (χ3n) is 3.16. The summed E-state index contributed by atoms with van der Waals surface area (Å²) in [6.07, 6.45) is 0. The lowest BCUT2D eigenvalue weighted by Crippen LogP contribution is -2.03. The van der Waals surface area contributed by atoms with Gasteiger partial charge in [-0.1, -0.05) is 23.7 Å². The average molecular weight is 307 g/mol. The highest BCUT2D eigenvalue weighted by Crippen LogP contribution is 2.41. The van der Waals surface area contributed by atoms with Crippen molar-refractivity contribution < 1.29 is 9.47 Å². The van der Waals surface area contributed by atoms with E-state index >= 15 is 0 Å². The Labute approximate surface area is 124 Å². The second kappa shape index (κ2) is 4.96. The van der Waals surface area contributed by atoms with Crippen molar-refractivity contribution >= 4 is 43.1 Å². The molecule has 0 bridgehead atoms. The first-order chi connectivity index (χ1) is 9.67. The Morgan fingerprint density at radius 2 is 1.80 bits per heavy atom. The number of hydrogen-bond acceptors (Lipinski definition) is 4. The van der Waals surface area contributed by atoms with Crippen LogP contribution in [0, 0.1) is 0 Å². The highest BCUT2D eigenvalue weighted by Gasteiger charge is 2.17. The summed E-state index contributed by atoms with van der Waals surface area (Å²) in [4.78, 5) is 12.7. The lowest BCUT2D eigenvalue weighted by atomic mass is 10.1. The van der Waals surface area contributed by atoms with Gasteiger partial charge in [0, 0.05) is 16.2 Å². The number of methoxy groups -OCH3 is 2. The van der Waals surface area contributed by atoms with Crippen LogP contribution < -0.4 is 14.9 Å². The van der Waals surface area contributed by atoms with Crippen LogP contribution in [0.2, 0.25) is 5.02 Å². The minimum Gasteiger partial charge on any atom is -0.495 e. The average Bonchev–Trinajstić information content (AvgIpc) is 2.48. The molecule has 0 spiro atoms. The SMILES string of the molecule is COc1cc(OC)c2sc3ccccc3c(=O)c2c1Cl. The zero-order valence-corrected chi connectivity index (χ0v) is 12.5. The first kappa shape index (κ1) is 13.2. The van der Waals surface area contributed by atoms with E-state index in [-0.39, 0.29) is 5.43 Å². The summed E-state index contributed by atoms with van der Waals surface area (Å²) in [6.45, 7) is 0. The van der Waals surface area contributed by atoms with Crippen molar-refractivity contribution in [3.63, 3.8) is 0 Å². The Hall–Kier alpha value is -1.78. The molecule has 20 heavy (non-hydrogen) atoms. The van der Waals surface area contributed by atoms with Gasteiger partial charge in [-0.15, -0.1) is 11.3 Å². The van der Waals surface area contributed by atoms with Crippen molar-refractivity contribution in [2.45, 2.75) is 0 Å². The first-order valence-corrected chi connectivity index (χ1v) is 7.13. The minimum absolute atomic E-state index is 0.100. The van der Waals surface area contributed by atoms with Crippen molar-refractivity contribution in [1.82, 2.24) is 0 Å². The van der Waals surface area contributed by atoms with Crippen LogP contribution in [0.4, 0.5) is 0 Å². The van der Waals surface area contributed by atoms with Gasteiger partial charge in [-0.3, -0.25) is 4.79 Å². The number of rotatable bonds is 2. The zero-order chi connectivity index (χ0) is 14.3. The van der Waals surface area contributed by atoms with E-state index in [4.69, 9.17) is 21.1 Å². The predicted octanol–water partition coefficient (Wildman–Crippen LogP) is 4.09. The zero-order valence-electron chi connectivity index (χ0n) is 10.9. The fourth-order valence-corrected chi connectivity index (χ4v) is 3.73. The third kappa shape index (κ3) is 1.84. The van der Waals surface area contributed by atoms with Gasteiger partial charge < -0.3 is 9.47 Å². The van der Waals surface area contributed by atoms with E-state index < -0.39 is 0 Å². The lowest BCUT2D eigenvalue weighted by Gasteiger charge is -2.11. The van der Waals surface area contributed by atoms with E-state index in [0.29, 0.717) is 27.3 Å². The highest BCUT2D eigenvalue weighted by molar-refractivity contribution is 7.25. The summed E-state index contributed by atoms with van der Waals surface area (Å²) >= 11 is 7.79. The quantitative estimate of drug-likeness (QED) is 0.669. The molecule has 1 heterocycles. The fourth-order valence-electron chi connectivity index (χ4n) is 2.19. The Morgan fingerprint density at radius 1 is 1.10 bits per heavy atom. The molecule has 0 aliphatic carbocycles. The van der Waals surface area contributed by atoms with Gasteiger partial charge in [0.1, 0.15) is 11.5 Å². The molecule has 0 aliphatic heterocycles. The van der Waals surface area contributed by atoms with Crippen LogP contribution in [-0.2, 0) is 0 Å². The van der Waals surface area contributed by atoms with Crippen molar-refractivity contribution in [3.8, 4) is 11.5 Å². The first-order valence-electron chi connectivity index (χ1n) is 5.93. The molecule has 0 atom stereocenters. The molecule has 5 heteroatoms. The maximum Gasteiger partial charge on any atom is 0.197 e. The molecule has 1 aromatic heterocycles. The molecule has 0 saturated carbocycles. The van der Waals surface area contributed by atoms with Gasteiger partial charge in [0.15, 0.2) is 5.43 Å². The van der Waals surface area contributed by atoms with Gasteiger partial charge in [-0.25, -0.2) is 0 Å². The monoisotopic (exact) mass is 306 g/mol.